The van der Waals surface area contributed by atoms with Crippen LogP contribution < -0.4 is 5.32 Å². The lowest BCUT2D eigenvalue weighted by molar-refractivity contribution is 0.665. The van der Waals surface area contributed by atoms with E-state index in [1.807, 2.05) is 19.2 Å². The molecule has 0 saturated carbocycles. The van der Waals surface area contributed by atoms with Crippen LogP contribution in [-0.4, -0.2) is 21.3 Å². The van der Waals surface area contributed by atoms with E-state index in [2.05, 4.69) is 15.4 Å². The van der Waals surface area contributed by atoms with Crippen LogP contribution in [-0.2, 0) is 20.0 Å². The lowest BCUT2D eigenvalue weighted by Crippen LogP contribution is -2.16. The lowest BCUT2D eigenvalue weighted by atomic mass is 10.4. The number of halogens is 1. The van der Waals surface area contributed by atoms with E-state index in [1.54, 1.807) is 22.3 Å². The number of thiophene rings is 1. The second-order valence-corrected chi connectivity index (χ2v) is 5.27. The zero-order chi connectivity index (χ0) is 11.4. The molecule has 4 nitrogen and oxygen atoms in total. The molecule has 0 amide bonds. The fourth-order valence-corrected chi connectivity index (χ4v) is 2.41. The minimum Gasteiger partial charge on any atom is -0.311 e. The molecule has 0 aliphatic carbocycles. The van der Waals surface area contributed by atoms with Gasteiger partial charge in [-0.25, -0.2) is 4.98 Å². The second-order valence-electron chi connectivity index (χ2n) is 3.47. The van der Waals surface area contributed by atoms with E-state index in [-0.39, 0.29) is 0 Å². The van der Waals surface area contributed by atoms with Crippen LogP contribution in [0.5, 0.6) is 0 Å². The number of hydrogen-bond donors (Lipinski definition) is 1. The van der Waals surface area contributed by atoms with Crippen LogP contribution in [0.25, 0.3) is 0 Å². The molecule has 0 fully saturated rings. The Balaban J connectivity index is 1.69. The fraction of sp³-hybridized carbons (Fsp3) is 0.400. The maximum atomic E-state index is 5.84. The Morgan fingerprint density at radius 2 is 2.38 bits per heavy atom. The first-order chi connectivity index (χ1) is 7.74. The predicted octanol–water partition coefficient (Wildman–Crippen LogP) is 1.86. The third-order valence-electron chi connectivity index (χ3n) is 2.10. The van der Waals surface area contributed by atoms with Crippen LogP contribution in [0, 0.1) is 0 Å². The molecule has 0 atom stereocenters. The van der Waals surface area contributed by atoms with Crippen LogP contribution in [0.15, 0.2) is 18.5 Å². The van der Waals surface area contributed by atoms with Crippen molar-refractivity contribution in [3.05, 3.63) is 33.5 Å². The summed E-state index contributed by atoms with van der Waals surface area (Å²) >= 11 is 7.45. The van der Waals surface area contributed by atoms with Crippen molar-refractivity contribution >= 4 is 22.9 Å². The van der Waals surface area contributed by atoms with Crippen LogP contribution in [0.1, 0.15) is 10.7 Å². The van der Waals surface area contributed by atoms with Gasteiger partial charge in [0.05, 0.1) is 4.34 Å². The Labute approximate surface area is 103 Å². The molecular formula is C10H13ClN4S. The molecule has 0 bridgehead atoms. The summed E-state index contributed by atoms with van der Waals surface area (Å²) in [7, 11) is 1.87. The third-order valence-corrected chi connectivity index (χ3v) is 3.33. The molecule has 0 spiro atoms. The van der Waals surface area contributed by atoms with Gasteiger partial charge in [-0.15, -0.1) is 11.3 Å². The molecule has 2 rings (SSSR count). The molecule has 0 aliphatic rings. The van der Waals surface area contributed by atoms with Gasteiger partial charge in [-0.3, -0.25) is 4.68 Å². The van der Waals surface area contributed by atoms with Crippen molar-refractivity contribution in [1.82, 2.24) is 20.1 Å². The molecule has 0 aromatic carbocycles. The highest BCUT2D eigenvalue weighted by molar-refractivity contribution is 7.16. The Hall–Kier alpha value is -0.910. The summed E-state index contributed by atoms with van der Waals surface area (Å²) in [6.45, 7) is 1.73. The molecular weight excluding hydrogens is 244 g/mol. The molecule has 2 aromatic rings. The van der Waals surface area contributed by atoms with Gasteiger partial charge >= 0.3 is 0 Å². The van der Waals surface area contributed by atoms with Crippen molar-refractivity contribution in [2.24, 2.45) is 7.05 Å². The van der Waals surface area contributed by atoms with Crippen LogP contribution in [0.2, 0.25) is 4.34 Å². The summed E-state index contributed by atoms with van der Waals surface area (Å²) in [5.74, 6) is 0.874. The Morgan fingerprint density at radius 1 is 1.50 bits per heavy atom. The average Bonchev–Trinajstić information content (AvgIpc) is 2.83. The normalized spacial score (nSPS) is 10.9. The van der Waals surface area contributed by atoms with E-state index in [0.717, 1.165) is 29.7 Å². The van der Waals surface area contributed by atoms with Crippen LogP contribution in [0.4, 0.5) is 0 Å². The van der Waals surface area contributed by atoms with E-state index >= 15 is 0 Å². The van der Waals surface area contributed by atoms with E-state index < -0.39 is 0 Å². The molecule has 1 N–H and O–H groups in total. The highest BCUT2D eigenvalue weighted by Crippen LogP contribution is 2.20. The zero-order valence-corrected chi connectivity index (χ0v) is 10.6. The molecule has 0 aliphatic heterocycles. The number of rotatable bonds is 5. The summed E-state index contributed by atoms with van der Waals surface area (Å²) < 4.78 is 2.55. The van der Waals surface area contributed by atoms with Gasteiger partial charge in [-0.05, 0) is 12.1 Å². The first kappa shape index (κ1) is 11.6. The van der Waals surface area contributed by atoms with E-state index in [1.165, 1.54) is 4.88 Å². The van der Waals surface area contributed by atoms with Crippen LogP contribution in [0.3, 0.4) is 0 Å². The second kappa shape index (κ2) is 5.43. The van der Waals surface area contributed by atoms with E-state index in [4.69, 9.17) is 11.6 Å². The Morgan fingerprint density at radius 3 is 3.00 bits per heavy atom. The van der Waals surface area contributed by atoms with Crippen molar-refractivity contribution in [2.75, 3.05) is 6.54 Å². The summed E-state index contributed by atoms with van der Waals surface area (Å²) in [6, 6.07) is 3.96. The van der Waals surface area contributed by atoms with Gasteiger partial charge in [0.15, 0.2) is 5.82 Å². The smallest absolute Gasteiger partial charge is 0.151 e. The fourth-order valence-electron chi connectivity index (χ4n) is 1.36. The van der Waals surface area contributed by atoms with Gasteiger partial charge < -0.3 is 5.32 Å². The summed E-state index contributed by atoms with van der Waals surface area (Å²) in [5, 5.41) is 7.54. The number of hydrogen-bond acceptors (Lipinski definition) is 4. The SMILES string of the molecule is Cn1cnc(CCNCc2ccc(Cl)s2)n1. The zero-order valence-electron chi connectivity index (χ0n) is 8.98. The quantitative estimate of drug-likeness (QED) is 0.831. The number of aromatic nitrogens is 3. The average molecular weight is 257 g/mol. The Bertz CT molecular complexity index is 409. The number of aryl methyl sites for hydroxylation is 1. The Kier molecular flexibility index (Phi) is 3.93. The first-order valence-electron chi connectivity index (χ1n) is 5.03. The van der Waals surface area contributed by atoms with Gasteiger partial charge in [0.2, 0.25) is 0 Å². The summed E-state index contributed by atoms with van der Waals surface area (Å²) in [6.07, 6.45) is 2.56. The molecule has 86 valence electrons. The van der Waals surface area contributed by atoms with Crippen molar-refractivity contribution in [3.63, 3.8) is 0 Å². The predicted molar refractivity (Wildman–Crippen MR) is 65.7 cm³/mol. The first-order valence-corrected chi connectivity index (χ1v) is 6.23. The van der Waals surface area contributed by atoms with Crippen molar-refractivity contribution in [1.29, 1.82) is 0 Å². The molecule has 2 aromatic heterocycles. The summed E-state index contributed by atoms with van der Waals surface area (Å²) in [5.41, 5.74) is 0. The third kappa shape index (κ3) is 3.30. The standard InChI is InChI=1S/C10H13ClN4S/c1-15-7-13-10(14-15)4-5-12-6-8-2-3-9(11)16-8/h2-3,7,12H,4-6H2,1H3. The van der Waals surface area contributed by atoms with Gasteiger partial charge in [-0.1, -0.05) is 11.6 Å². The highest BCUT2D eigenvalue weighted by Gasteiger charge is 1.99. The molecule has 16 heavy (non-hydrogen) atoms. The molecule has 2 heterocycles. The van der Waals surface area contributed by atoms with Gasteiger partial charge in [0.25, 0.3) is 0 Å². The summed E-state index contributed by atoms with van der Waals surface area (Å²) in [4.78, 5) is 5.41. The monoisotopic (exact) mass is 256 g/mol. The minimum atomic E-state index is 0.836. The maximum absolute atomic E-state index is 5.84. The minimum absolute atomic E-state index is 0.836. The topological polar surface area (TPSA) is 42.7 Å². The van der Waals surface area contributed by atoms with Gasteiger partial charge in [0, 0.05) is 31.4 Å². The molecule has 0 unspecified atom stereocenters. The highest BCUT2D eigenvalue weighted by atomic mass is 35.5. The maximum Gasteiger partial charge on any atom is 0.151 e. The van der Waals surface area contributed by atoms with E-state index in [9.17, 15) is 0 Å². The van der Waals surface area contributed by atoms with Crippen molar-refractivity contribution in [2.45, 2.75) is 13.0 Å². The van der Waals surface area contributed by atoms with Crippen molar-refractivity contribution < 1.29 is 0 Å². The molecule has 6 heteroatoms. The van der Waals surface area contributed by atoms with Crippen molar-refractivity contribution in [3.8, 4) is 0 Å². The lowest BCUT2D eigenvalue weighted by Gasteiger charge is -1.99. The number of nitrogens with one attached hydrogen (secondary N) is 1. The largest absolute Gasteiger partial charge is 0.311 e. The molecule has 0 radical (unpaired) electrons. The number of nitrogens with zero attached hydrogens (tertiary/aromatic N) is 3. The van der Waals surface area contributed by atoms with Gasteiger partial charge in [0.1, 0.15) is 6.33 Å². The van der Waals surface area contributed by atoms with E-state index in [0.29, 0.717) is 0 Å². The van der Waals surface area contributed by atoms with Crippen LogP contribution >= 0.6 is 22.9 Å². The van der Waals surface area contributed by atoms with Gasteiger partial charge in [-0.2, -0.15) is 5.10 Å². The molecule has 0 saturated heterocycles.